The average Bonchev–Trinajstić information content (AvgIpc) is 2.58. The van der Waals surface area contributed by atoms with E-state index in [4.69, 9.17) is 27.9 Å². The molecule has 1 aliphatic heterocycles. The van der Waals surface area contributed by atoms with Crippen LogP contribution in [-0.2, 0) is 4.74 Å². The minimum absolute atomic E-state index is 0.00773. The Labute approximate surface area is 114 Å². The first-order valence-corrected chi connectivity index (χ1v) is 6.95. The van der Waals surface area contributed by atoms with Gasteiger partial charge >= 0.3 is 0 Å². The molecule has 2 heterocycles. The van der Waals surface area contributed by atoms with Crippen molar-refractivity contribution in [2.75, 3.05) is 13.2 Å². The van der Waals surface area contributed by atoms with E-state index in [9.17, 15) is 4.79 Å². The SMILES string of the molecule is CC1COCC(CC(=O)c2cc(Cl)sc2Cl)N1. The quantitative estimate of drug-likeness (QED) is 0.871. The summed E-state index contributed by atoms with van der Waals surface area (Å²) in [4.78, 5) is 12.0. The minimum atomic E-state index is 0.00773. The third-order valence-corrected chi connectivity index (χ3v) is 4.08. The van der Waals surface area contributed by atoms with Crippen LogP contribution in [0.3, 0.4) is 0 Å². The smallest absolute Gasteiger partial charge is 0.166 e. The van der Waals surface area contributed by atoms with Crippen LogP contribution < -0.4 is 5.32 Å². The number of ketones is 1. The Hall–Kier alpha value is -0.130. The zero-order valence-electron chi connectivity index (χ0n) is 9.33. The van der Waals surface area contributed by atoms with Crippen molar-refractivity contribution >= 4 is 40.3 Å². The molecule has 1 saturated heterocycles. The van der Waals surface area contributed by atoms with Crippen LogP contribution in [0.2, 0.25) is 8.67 Å². The van der Waals surface area contributed by atoms with Gasteiger partial charge in [-0.1, -0.05) is 23.2 Å². The van der Waals surface area contributed by atoms with Gasteiger partial charge in [0.25, 0.3) is 0 Å². The summed E-state index contributed by atoms with van der Waals surface area (Å²) >= 11 is 13.0. The monoisotopic (exact) mass is 293 g/mol. The molecule has 0 saturated carbocycles. The number of ether oxygens (including phenoxy) is 1. The molecular weight excluding hydrogens is 281 g/mol. The maximum Gasteiger partial charge on any atom is 0.166 e. The molecule has 1 aromatic rings. The van der Waals surface area contributed by atoms with Crippen molar-refractivity contribution in [1.82, 2.24) is 5.32 Å². The largest absolute Gasteiger partial charge is 0.378 e. The lowest BCUT2D eigenvalue weighted by atomic mass is 10.1. The van der Waals surface area contributed by atoms with Crippen molar-refractivity contribution in [3.63, 3.8) is 0 Å². The highest BCUT2D eigenvalue weighted by Crippen LogP contribution is 2.32. The summed E-state index contributed by atoms with van der Waals surface area (Å²) in [5.41, 5.74) is 0.515. The van der Waals surface area contributed by atoms with E-state index in [1.54, 1.807) is 6.07 Å². The fraction of sp³-hybridized carbons (Fsp3) is 0.545. The van der Waals surface area contributed by atoms with Crippen LogP contribution in [0.5, 0.6) is 0 Å². The van der Waals surface area contributed by atoms with Crippen LogP contribution in [0, 0.1) is 0 Å². The molecule has 0 bridgehead atoms. The van der Waals surface area contributed by atoms with Crippen molar-refractivity contribution in [3.8, 4) is 0 Å². The predicted molar refractivity (Wildman–Crippen MR) is 70.5 cm³/mol. The highest BCUT2D eigenvalue weighted by Gasteiger charge is 2.23. The summed E-state index contributed by atoms with van der Waals surface area (Å²) in [5.74, 6) is 0.00773. The van der Waals surface area contributed by atoms with Crippen LogP contribution in [0.1, 0.15) is 23.7 Å². The predicted octanol–water partition coefficient (Wildman–Crippen LogP) is 3.00. The second-order valence-electron chi connectivity index (χ2n) is 4.17. The van der Waals surface area contributed by atoms with Crippen LogP contribution in [-0.4, -0.2) is 31.1 Å². The molecule has 1 aromatic heterocycles. The summed E-state index contributed by atoms with van der Waals surface area (Å²) in [7, 11) is 0. The summed E-state index contributed by atoms with van der Waals surface area (Å²) in [6, 6.07) is 1.97. The topological polar surface area (TPSA) is 38.3 Å². The van der Waals surface area contributed by atoms with Crippen molar-refractivity contribution in [3.05, 3.63) is 20.3 Å². The zero-order chi connectivity index (χ0) is 12.4. The van der Waals surface area contributed by atoms with Gasteiger partial charge in [-0.2, -0.15) is 0 Å². The average molecular weight is 294 g/mol. The lowest BCUT2D eigenvalue weighted by molar-refractivity contribution is 0.0463. The molecule has 6 heteroatoms. The fourth-order valence-corrected chi connectivity index (χ4v) is 3.37. The number of Topliss-reactive ketones (excluding diaryl/α,β-unsaturated/α-hetero) is 1. The Kier molecular flexibility index (Phi) is 4.44. The van der Waals surface area contributed by atoms with E-state index in [1.807, 2.05) is 6.92 Å². The second kappa shape index (κ2) is 5.67. The van der Waals surface area contributed by atoms with Gasteiger partial charge in [0.05, 0.1) is 17.6 Å². The van der Waals surface area contributed by atoms with E-state index in [0.29, 0.717) is 33.9 Å². The van der Waals surface area contributed by atoms with Gasteiger partial charge < -0.3 is 10.1 Å². The van der Waals surface area contributed by atoms with Crippen molar-refractivity contribution in [2.24, 2.45) is 0 Å². The van der Waals surface area contributed by atoms with Crippen molar-refractivity contribution in [1.29, 1.82) is 0 Å². The molecule has 2 unspecified atom stereocenters. The third-order valence-electron chi connectivity index (χ3n) is 2.60. The van der Waals surface area contributed by atoms with Crippen LogP contribution in [0.25, 0.3) is 0 Å². The van der Waals surface area contributed by atoms with Gasteiger partial charge in [-0.05, 0) is 13.0 Å². The summed E-state index contributed by atoms with van der Waals surface area (Å²) in [5, 5.41) is 3.32. The molecule has 0 spiro atoms. The van der Waals surface area contributed by atoms with Gasteiger partial charge in [-0.25, -0.2) is 0 Å². The normalized spacial score (nSPS) is 24.9. The van der Waals surface area contributed by atoms with Gasteiger partial charge in [0.1, 0.15) is 4.34 Å². The molecule has 3 nitrogen and oxygen atoms in total. The number of carbonyl (C=O) groups is 1. The molecule has 0 aliphatic carbocycles. The molecule has 2 rings (SSSR count). The molecule has 1 N–H and O–H groups in total. The summed E-state index contributed by atoms with van der Waals surface area (Å²) < 4.78 is 6.40. The summed E-state index contributed by atoms with van der Waals surface area (Å²) in [6.07, 6.45) is 0.386. The lowest BCUT2D eigenvalue weighted by Crippen LogP contribution is -2.48. The summed E-state index contributed by atoms with van der Waals surface area (Å²) in [6.45, 7) is 3.28. The molecule has 0 radical (unpaired) electrons. The molecular formula is C11H13Cl2NO2S. The van der Waals surface area contributed by atoms with E-state index in [-0.39, 0.29) is 17.9 Å². The van der Waals surface area contributed by atoms with E-state index in [1.165, 1.54) is 11.3 Å². The number of thiophene rings is 1. The molecule has 94 valence electrons. The maximum absolute atomic E-state index is 12.0. The highest BCUT2D eigenvalue weighted by atomic mass is 35.5. The van der Waals surface area contributed by atoms with Gasteiger partial charge in [0.2, 0.25) is 0 Å². The number of carbonyl (C=O) groups excluding carboxylic acids is 1. The Bertz CT molecular complexity index is 422. The first-order valence-electron chi connectivity index (χ1n) is 5.38. The standard InChI is InChI=1S/C11H13Cl2NO2S/c1-6-4-16-5-7(14-6)2-9(15)8-3-10(12)17-11(8)13/h3,6-7,14H,2,4-5H2,1H3. The lowest BCUT2D eigenvalue weighted by Gasteiger charge is -2.28. The Morgan fingerprint density at radius 3 is 2.94 bits per heavy atom. The Morgan fingerprint density at radius 2 is 2.35 bits per heavy atom. The van der Waals surface area contributed by atoms with Gasteiger partial charge in [0, 0.05) is 24.1 Å². The number of morpholine rings is 1. The molecule has 0 amide bonds. The third kappa shape index (κ3) is 3.42. The van der Waals surface area contributed by atoms with E-state index in [0.717, 1.165) is 0 Å². The van der Waals surface area contributed by atoms with Gasteiger partial charge in [0.15, 0.2) is 5.78 Å². The van der Waals surface area contributed by atoms with E-state index >= 15 is 0 Å². The first kappa shape index (κ1) is 13.3. The number of hydrogen-bond acceptors (Lipinski definition) is 4. The Morgan fingerprint density at radius 1 is 1.59 bits per heavy atom. The van der Waals surface area contributed by atoms with Crippen LogP contribution >= 0.6 is 34.5 Å². The molecule has 0 aromatic carbocycles. The van der Waals surface area contributed by atoms with Crippen molar-refractivity contribution < 1.29 is 9.53 Å². The Balaban J connectivity index is 1.99. The molecule has 1 fully saturated rings. The van der Waals surface area contributed by atoms with E-state index in [2.05, 4.69) is 5.32 Å². The van der Waals surface area contributed by atoms with Crippen LogP contribution in [0.15, 0.2) is 6.07 Å². The maximum atomic E-state index is 12.0. The number of nitrogens with one attached hydrogen (secondary N) is 1. The van der Waals surface area contributed by atoms with Gasteiger partial charge in [-0.3, -0.25) is 4.79 Å². The van der Waals surface area contributed by atoms with E-state index < -0.39 is 0 Å². The molecule has 2 atom stereocenters. The zero-order valence-corrected chi connectivity index (χ0v) is 11.7. The van der Waals surface area contributed by atoms with Gasteiger partial charge in [-0.15, -0.1) is 11.3 Å². The van der Waals surface area contributed by atoms with Crippen molar-refractivity contribution in [2.45, 2.75) is 25.4 Å². The van der Waals surface area contributed by atoms with Crippen LogP contribution in [0.4, 0.5) is 0 Å². The number of hydrogen-bond donors (Lipinski definition) is 1. The first-order chi connectivity index (χ1) is 8.06. The fourth-order valence-electron chi connectivity index (χ4n) is 1.87. The molecule has 17 heavy (non-hydrogen) atoms. The molecule has 1 aliphatic rings. The minimum Gasteiger partial charge on any atom is -0.378 e. The number of halogens is 2. The second-order valence-corrected chi connectivity index (χ2v) is 6.45. The number of rotatable bonds is 3. The highest BCUT2D eigenvalue weighted by molar-refractivity contribution is 7.20.